The van der Waals surface area contributed by atoms with Crippen molar-refractivity contribution in [3.8, 4) is 0 Å². The molecule has 2 aromatic rings. The van der Waals surface area contributed by atoms with E-state index in [-0.39, 0.29) is 0 Å². The number of benzene rings is 2. The van der Waals surface area contributed by atoms with Crippen molar-refractivity contribution in [2.45, 2.75) is 20.3 Å². The van der Waals surface area contributed by atoms with Gasteiger partial charge in [-0.15, -0.1) is 0 Å². The van der Waals surface area contributed by atoms with E-state index >= 15 is 0 Å². The van der Waals surface area contributed by atoms with E-state index < -0.39 is 11.8 Å². The van der Waals surface area contributed by atoms with Crippen LogP contribution in [0.25, 0.3) is 0 Å². The summed E-state index contributed by atoms with van der Waals surface area (Å²) in [5, 5.41) is 5.28. The van der Waals surface area contributed by atoms with Crippen molar-refractivity contribution in [1.29, 1.82) is 0 Å². The molecule has 0 unspecified atom stereocenters. The summed E-state index contributed by atoms with van der Waals surface area (Å²) < 4.78 is 0. The smallest absolute Gasteiger partial charge is 0.313 e. The molecule has 4 heteroatoms. The van der Waals surface area contributed by atoms with Gasteiger partial charge in [0.15, 0.2) is 0 Å². The minimum Gasteiger partial charge on any atom is -0.347 e. The number of carbonyl (C=O) groups is 2. The van der Waals surface area contributed by atoms with Crippen LogP contribution < -0.4 is 10.6 Å². The number of rotatable bonds is 4. The number of hydrogen-bond donors (Lipinski definition) is 2. The molecule has 0 aliphatic rings. The van der Waals surface area contributed by atoms with Gasteiger partial charge in [-0.3, -0.25) is 9.59 Å². The molecule has 2 amide bonds. The summed E-state index contributed by atoms with van der Waals surface area (Å²) in [6.45, 7) is 4.26. The predicted octanol–water partition coefficient (Wildman–Crippen LogP) is 2.60. The zero-order valence-corrected chi connectivity index (χ0v) is 12.8. The summed E-state index contributed by atoms with van der Waals surface area (Å²) in [6.07, 6.45) is 0.698. The van der Waals surface area contributed by atoms with E-state index in [1.165, 1.54) is 0 Å². The molecule has 0 heterocycles. The zero-order chi connectivity index (χ0) is 15.9. The van der Waals surface area contributed by atoms with Gasteiger partial charge in [0.2, 0.25) is 0 Å². The fourth-order valence-electron chi connectivity index (χ4n) is 2.09. The molecule has 2 N–H and O–H groups in total. The zero-order valence-electron chi connectivity index (χ0n) is 12.8. The average molecular weight is 296 g/mol. The summed E-state index contributed by atoms with van der Waals surface area (Å²) in [6, 6.07) is 15.5. The molecule has 0 spiro atoms. The minimum atomic E-state index is -0.637. The summed E-state index contributed by atoms with van der Waals surface area (Å²) in [4.78, 5) is 23.7. The number of aryl methyl sites for hydroxylation is 2. The molecule has 114 valence electrons. The first kappa shape index (κ1) is 15.8. The van der Waals surface area contributed by atoms with Crippen LogP contribution in [0.4, 0.5) is 5.69 Å². The molecule has 0 saturated heterocycles. The Bertz CT molecular complexity index is 666. The molecule has 0 atom stereocenters. The molecule has 4 nitrogen and oxygen atoms in total. The highest BCUT2D eigenvalue weighted by Crippen LogP contribution is 2.16. The number of anilines is 1. The Kier molecular flexibility index (Phi) is 5.31. The van der Waals surface area contributed by atoms with E-state index in [4.69, 9.17) is 0 Å². The maximum absolute atomic E-state index is 11.9. The number of hydrogen-bond acceptors (Lipinski definition) is 2. The first-order valence-electron chi connectivity index (χ1n) is 7.26. The Morgan fingerprint density at radius 1 is 0.955 bits per heavy atom. The lowest BCUT2D eigenvalue weighted by Crippen LogP contribution is -2.36. The fourth-order valence-corrected chi connectivity index (χ4v) is 2.09. The second-order valence-electron chi connectivity index (χ2n) is 5.26. The van der Waals surface area contributed by atoms with Crippen LogP contribution in [0.5, 0.6) is 0 Å². The van der Waals surface area contributed by atoms with E-state index in [0.717, 1.165) is 16.7 Å². The summed E-state index contributed by atoms with van der Waals surface area (Å²) in [5.74, 6) is -1.25. The predicted molar refractivity (Wildman–Crippen MR) is 87.7 cm³/mol. The van der Waals surface area contributed by atoms with Crippen LogP contribution in [0.3, 0.4) is 0 Å². The molecule has 2 aromatic carbocycles. The molecule has 22 heavy (non-hydrogen) atoms. The number of carbonyl (C=O) groups excluding carboxylic acids is 2. The normalized spacial score (nSPS) is 10.1. The quantitative estimate of drug-likeness (QED) is 0.852. The van der Waals surface area contributed by atoms with Gasteiger partial charge in [0.05, 0.1) is 0 Å². The van der Waals surface area contributed by atoms with Gasteiger partial charge in [0, 0.05) is 12.2 Å². The summed E-state index contributed by atoms with van der Waals surface area (Å²) in [5.41, 5.74) is 3.75. The lowest BCUT2D eigenvalue weighted by molar-refractivity contribution is -0.136. The van der Waals surface area contributed by atoms with Crippen LogP contribution in [-0.2, 0) is 16.0 Å². The second kappa shape index (κ2) is 7.41. The number of nitrogens with one attached hydrogen (secondary N) is 2. The third-order valence-corrected chi connectivity index (χ3v) is 3.39. The topological polar surface area (TPSA) is 58.2 Å². The van der Waals surface area contributed by atoms with Crippen LogP contribution >= 0.6 is 0 Å². The first-order valence-corrected chi connectivity index (χ1v) is 7.26. The van der Waals surface area contributed by atoms with Crippen LogP contribution in [0.1, 0.15) is 16.7 Å². The van der Waals surface area contributed by atoms with Crippen LogP contribution in [0.15, 0.2) is 48.5 Å². The Balaban J connectivity index is 1.84. The van der Waals surface area contributed by atoms with Crippen LogP contribution in [0, 0.1) is 13.8 Å². The highest BCUT2D eigenvalue weighted by atomic mass is 16.2. The van der Waals surface area contributed by atoms with E-state index in [0.29, 0.717) is 18.7 Å². The Hall–Kier alpha value is -2.62. The SMILES string of the molecule is Cc1ccc(C)c(NC(=O)C(=O)NCCc2ccccc2)c1. The highest BCUT2D eigenvalue weighted by molar-refractivity contribution is 6.39. The molecule has 0 bridgehead atoms. The maximum Gasteiger partial charge on any atom is 0.313 e. The van der Waals surface area contributed by atoms with Crippen molar-refractivity contribution in [3.63, 3.8) is 0 Å². The molecule has 0 aliphatic carbocycles. The van der Waals surface area contributed by atoms with Crippen molar-refractivity contribution in [2.75, 3.05) is 11.9 Å². The molecule has 0 aliphatic heterocycles. The second-order valence-corrected chi connectivity index (χ2v) is 5.26. The van der Waals surface area contributed by atoms with Gasteiger partial charge in [0.1, 0.15) is 0 Å². The fraction of sp³-hybridized carbons (Fsp3) is 0.222. The third-order valence-electron chi connectivity index (χ3n) is 3.39. The maximum atomic E-state index is 11.9. The van der Waals surface area contributed by atoms with Crippen LogP contribution in [-0.4, -0.2) is 18.4 Å². The monoisotopic (exact) mass is 296 g/mol. The molecule has 0 radical (unpaired) electrons. The summed E-state index contributed by atoms with van der Waals surface area (Å²) >= 11 is 0. The minimum absolute atomic E-state index is 0.434. The van der Waals surface area contributed by atoms with Crippen molar-refractivity contribution in [1.82, 2.24) is 5.32 Å². The van der Waals surface area contributed by atoms with Gasteiger partial charge in [-0.2, -0.15) is 0 Å². The molecule has 0 fully saturated rings. The van der Waals surface area contributed by atoms with Gasteiger partial charge < -0.3 is 10.6 Å². The molecule has 0 saturated carbocycles. The van der Waals surface area contributed by atoms with Crippen molar-refractivity contribution in [2.24, 2.45) is 0 Å². The number of amides is 2. The van der Waals surface area contributed by atoms with E-state index in [1.807, 2.05) is 62.4 Å². The molecular formula is C18H20N2O2. The van der Waals surface area contributed by atoms with Crippen molar-refractivity contribution in [3.05, 3.63) is 65.2 Å². The Morgan fingerprint density at radius 3 is 2.41 bits per heavy atom. The van der Waals surface area contributed by atoms with Gasteiger partial charge in [-0.05, 0) is 43.0 Å². The third kappa shape index (κ3) is 4.45. The first-order chi connectivity index (χ1) is 10.6. The average Bonchev–Trinajstić information content (AvgIpc) is 2.52. The van der Waals surface area contributed by atoms with Crippen molar-refractivity contribution >= 4 is 17.5 Å². The molecule has 0 aromatic heterocycles. The van der Waals surface area contributed by atoms with E-state index in [1.54, 1.807) is 0 Å². The van der Waals surface area contributed by atoms with Crippen LogP contribution in [0.2, 0.25) is 0 Å². The van der Waals surface area contributed by atoms with Gasteiger partial charge in [-0.25, -0.2) is 0 Å². The van der Waals surface area contributed by atoms with Gasteiger partial charge >= 0.3 is 11.8 Å². The highest BCUT2D eigenvalue weighted by Gasteiger charge is 2.14. The summed E-state index contributed by atoms with van der Waals surface area (Å²) in [7, 11) is 0. The van der Waals surface area contributed by atoms with Gasteiger partial charge in [-0.1, -0.05) is 42.5 Å². The Labute approximate surface area is 130 Å². The standard InChI is InChI=1S/C18H20N2O2/c1-13-8-9-14(2)16(12-13)20-18(22)17(21)19-11-10-15-6-4-3-5-7-15/h3-9,12H,10-11H2,1-2H3,(H,19,21)(H,20,22). The largest absolute Gasteiger partial charge is 0.347 e. The molecule has 2 rings (SSSR count). The van der Waals surface area contributed by atoms with Gasteiger partial charge in [0.25, 0.3) is 0 Å². The lowest BCUT2D eigenvalue weighted by atomic mass is 10.1. The van der Waals surface area contributed by atoms with E-state index in [9.17, 15) is 9.59 Å². The Morgan fingerprint density at radius 2 is 1.68 bits per heavy atom. The lowest BCUT2D eigenvalue weighted by Gasteiger charge is -2.09. The molecular weight excluding hydrogens is 276 g/mol. The van der Waals surface area contributed by atoms with Crippen molar-refractivity contribution < 1.29 is 9.59 Å². The van der Waals surface area contributed by atoms with E-state index in [2.05, 4.69) is 10.6 Å².